The zero-order valence-corrected chi connectivity index (χ0v) is 17.4. The molecule has 2 aliphatic rings. The zero-order valence-electron chi connectivity index (χ0n) is 16.6. The maximum Gasteiger partial charge on any atom is 0.231 e. The average molecular weight is 440 g/mol. The third kappa shape index (κ3) is 3.90. The number of hydrogen-bond donors (Lipinski definition) is 1. The second-order valence-electron chi connectivity index (χ2n) is 7.65. The molecule has 0 bridgehead atoms. The van der Waals surface area contributed by atoms with Crippen molar-refractivity contribution in [2.75, 3.05) is 30.1 Å². The van der Waals surface area contributed by atoms with Crippen LogP contribution in [-0.2, 0) is 11.3 Å². The number of anilines is 2. The van der Waals surface area contributed by atoms with Crippen LogP contribution in [0.4, 0.5) is 11.6 Å². The lowest BCUT2D eigenvalue weighted by atomic mass is 9.97. The summed E-state index contributed by atoms with van der Waals surface area (Å²) in [6, 6.07) is 9.49. The Bertz CT molecular complexity index is 1150. The normalized spacial score (nSPS) is 16.0. The van der Waals surface area contributed by atoms with Gasteiger partial charge in [0.25, 0.3) is 0 Å². The van der Waals surface area contributed by atoms with Gasteiger partial charge in [-0.15, -0.1) is 0 Å². The van der Waals surface area contributed by atoms with Crippen molar-refractivity contribution in [2.24, 2.45) is 5.92 Å². The molecule has 0 atom stereocenters. The molecule has 3 aromatic rings. The summed E-state index contributed by atoms with van der Waals surface area (Å²) >= 11 is 6.46. The molecule has 0 amide bonds. The third-order valence-corrected chi connectivity index (χ3v) is 6.03. The Morgan fingerprint density at radius 1 is 1.19 bits per heavy atom. The first kappa shape index (κ1) is 19.7. The second kappa shape index (κ2) is 8.11. The quantitative estimate of drug-likeness (QED) is 0.647. The van der Waals surface area contributed by atoms with Crippen LogP contribution in [0.5, 0.6) is 11.5 Å². The fraction of sp³-hybridized carbons (Fsp3) is 0.318. The van der Waals surface area contributed by atoms with Crippen molar-refractivity contribution >= 4 is 40.1 Å². The first-order valence-electron chi connectivity index (χ1n) is 10.1. The number of nitrogens with one attached hydrogen (secondary N) is 1. The van der Waals surface area contributed by atoms with Crippen molar-refractivity contribution in [1.82, 2.24) is 9.97 Å². The number of aromatic nitrogens is 2. The summed E-state index contributed by atoms with van der Waals surface area (Å²) in [7, 11) is 0. The van der Waals surface area contributed by atoms with E-state index in [4.69, 9.17) is 21.1 Å². The number of carboxylic acids is 1. The van der Waals surface area contributed by atoms with E-state index in [9.17, 15) is 9.90 Å². The van der Waals surface area contributed by atoms with Crippen LogP contribution in [0.1, 0.15) is 18.4 Å². The van der Waals surface area contributed by atoms with Gasteiger partial charge in [-0.1, -0.05) is 17.7 Å². The second-order valence-corrected chi connectivity index (χ2v) is 8.05. The van der Waals surface area contributed by atoms with Gasteiger partial charge in [0.2, 0.25) is 12.7 Å². The number of aliphatic carboxylic acids is 1. The summed E-state index contributed by atoms with van der Waals surface area (Å²) in [5.74, 6) is 0.693. The van der Waals surface area contributed by atoms with Crippen molar-refractivity contribution in [1.29, 1.82) is 0 Å². The minimum absolute atomic E-state index is 0.242. The van der Waals surface area contributed by atoms with E-state index in [1.165, 1.54) is 0 Å². The van der Waals surface area contributed by atoms with E-state index in [1.807, 2.05) is 35.2 Å². The van der Waals surface area contributed by atoms with E-state index in [-0.39, 0.29) is 6.79 Å². The number of fused-ring (bicyclic) bond motifs is 2. The van der Waals surface area contributed by atoms with Crippen molar-refractivity contribution in [3.63, 3.8) is 0 Å². The van der Waals surface area contributed by atoms with Gasteiger partial charge in [0.05, 0.1) is 16.2 Å². The summed E-state index contributed by atoms with van der Waals surface area (Å²) in [5.41, 5.74) is 2.56. The van der Waals surface area contributed by atoms with E-state index in [1.54, 1.807) is 6.20 Å². The molecular weight excluding hydrogens is 420 g/mol. The molecule has 160 valence electrons. The highest BCUT2D eigenvalue weighted by molar-refractivity contribution is 6.34. The maximum absolute atomic E-state index is 11.1. The molecule has 3 heterocycles. The molecule has 0 aliphatic carbocycles. The number of piperidine rings is 1. The number of carbonyl (C=O) groups excluding carboxylic acids is 1. The molecule has 2 aromatic carbocycles. The average Bonchev–Trinajstić information content (AvgIpc) is 3.26. The number of carbonyl (C=O) groups is 1. The van der Waals surface area contributed by atoms with Crippen LogP contribution in [-0.4, -0.2) is 35.8 Å². The number of carboxylic acid groups (broad SMARTS) is 1. The van der Waals surface area contributed by atoms with Crippen LogP contribution < -0.4 is 24.8 Å². The van der Waals surface area contributed by atoms with Gasteiger partial charge in [-0.05, 0) is 42.7 Å². The summed E-state index contributed by atoms with van der Waals surface area (Å²) in [6.07, 6.45) is 2.83. The lowest BCUT2D eigenvalue weighted by molar-refractivity contribution is -0.312. The molecule has 0 unspecified atom stereocenters. The number of nitrogens with zero attached hydrogens (tertiary/aromatic N) is 3. The van der Waals surface area contributed by atoms with E-state index in [0.717, 1.165) is 33.7 Å². The SMILES string of the molecule is O=C([O-])C1CCN(c2ncc3c(NCc4ccc5c(c4)OCO5)c(Cl)ccc3n2)CC1. The van der Waals surface area contributed by atoms with Crippen molar-refractivity contribution in [2.45, 2.75) is 19.4 Å². The van der Waals surface area contributed by atoms with E-state index >= 15 is 0 Å². The number of ether oxygens (including phenoxy) is 2. The minimum atomic E-state index is -0.980. The lowest BCUT2D eigenvalue weighted by Gasteiger charge is -2.32. The Morgan fingerprint density at radius 3 is 2.81 bits per heavy atom. The van der Waals surface area contributed by atoms with Crippen LogP contribution in [0.2, 0.25) is 5.02 Å². The van der Waals surface area contributed by atoms with Crippen LogP contribution in [0.25, 0.3) is 10.9 Å². The maximum atomic E-state index is 11.1. The van der Waals surface area contributed by atoms with Gasteiger partial charge in [-0.2, -0.15) is 0 Å². The van der Waals surface area contributed by atoms with Crippen LogP contribution >= 0.6 is 11.6 Å². The van der Waals surface area contributed by atoms with E-state index in [2.05, 4.69) is 15.3 Å². The molecule has 1 fully saturated rings. The Morgan fingerprint density at radius 2 is 2.00 bits per heavy atom. The first-order chi connectivity index (χ1) is 15.1. The fourth-order valence-electron chi connectivity index (χ4n) is 3.96. The molecule has 0 saturated carbocycles. The first-order valence-corrected chi connectivity index (χ1v) is 10.5. The monoisotopic (exact) mass is 439 g/mol. The number of rotatable bonds is 5. The fourth-order valence-corrected chi connectivity index (χ4v) is 4.19. The summed E-state index contributed by atoms with van der Waals surface area (Å²) < 4.78 is 10.8. The smallest absolute Gasteiger partial charge is 0.231 e. The predicted octanol–water partition coefficient (Wildman–Crippen LogP) is 2.59. The largest absolute Gasteiger partial charge is 0.550 e. The standard InChI is InChI=1S/C22H21ClN4O4/c23-16-2-3-17-15(11-25-22(26-17)27-7-5-14(6-8-27)21(28)29)20(16)24-10-13-1-4-18-19(9-13)31-12-30-18/h1-4,9,11,14,24H,5-8,10,12H2,(H,28,29)/p-1. The topological polar surface area (TPSA) is 99.6 Å². The number of halogens is 1. The molecule has 31 heavy (non-hydrogen) atoms. The summed E-state index contributed by atoms with van der Waals surface area (Å²) in [5, 5.41) is 15.9. The van der Waals surface area contributed by atoms with Crippen molar-refractivity contribution < 1.29 is 19.4 Å². The van der Waals surface area contributed by atoms with Crippen molar-refractivity contribution in [3.05, 3.63) is 47.1 Å². The molecule has 1 saturated heterocycles. The number of benzene rings is 2. The number of hydrogen-bond acceptors (Lipinski definition) is 8. The van der Waals surface area contributed by atoms with Gasteiger partial charge >= 0.3 is 0 Å². The molecule has 1 N–H and O–H groups in total. The summed E-state index contributed by atoms with van der Waals surface area (Å²) in [6.45, 7) is 1.97. The van der Waals surface area contributed by atoms with Crippen LogP contribution in [0, 0.1) is 5.92 Å². The van der Waals surface area contributed by atoms with Gasteiger partial charge in [0, 0.05) is 43.1 Å². The Hall–Kier alpha value is -3.26. The van der Waals surface area contributed by atoms with Crippen LogP contribution in [0.15, 0.2) is 36.5 Å². The zero-order chi connectivity index (χ0) is 21.4. The molecule has 0 spiro atoms. The molecule has 2 aliphatic heterocycles. The minimum Gasteiger partial charge on any atom is -0.550 e. The molecule has 9 heteroatoms. The molecular formula is C22H20ClN4O4-. The predicted molar refractivity (Wildman–Crippen MR) is 114 cm³/mol. The van der Waals surface area contributed by atoms with E-state index in [0.29, 0.717) is 43.4 Å². The van der Waals surface area contributed by atoms with Gasteiger partial charge in [0.15, 0.2) is 11.5 Å². The van der Waals surface area contributed by atoms with Gasteiger partial charge < -0.3 is 29.6 Å². The highest BCUT2D eigenvalue weighted by atomic mass is 35.5. The lowest BCUT2D eigenvalue weighted by Crippen LogP contribution is -2.41. The Labute approximate surface area is 183 Å². The van der Waals surface area contributed by atoms with E-state index < -0.39 is 11.9 Å². The third-order valence-electron chi connectivity index (χ3n) is 5.72. The van der Waals surface area contributed by atoms with Gasteiger partial charge in [-0.25, -0.2) is 9.97 Å². The molecule has 5 rings (SSSR count). The highest BCUT2D eigenvalue weighted by Gasteiger charge is 2.22. The molecule has 1 aromatic heterocycles. The van der Waals surface area contributed by atoms with Gasteiger partial charge in [-0.3, -0.25) is 0 Å². The molecule has 0 radical (unpaired) electrons. The Balaban J connectivity index is 1.35. The van der Waals surface area contributed by atoms with Crippen molar-refractivity contribution in [3.8, 4) is 11.5 Å². The summed E-state index contributed by atoms with van der Waals surface area (Å²) in [4.78, 5) is 22.3. The van der Waals surface area contributed by atoms with Crippen LogP contribution in [0.3, 0.4) is 0 Å². The molecule has 8 nitrogen and oxygen atoms in total. The van der Waals surface area contributed by atoms with Gasteiger partial charge in [0.1, 0.15) is 0 Å². The highest BCUT2D eigenvalue weighted by Crippen LogP contribution is 2.34. The Kier molecular flexibility index (Phi) is 5.15.